The minimum Gasteiger partial charge on any atom is -0.478 e. The molecule has 1 fully saturated rings. The Morgan fingerprint density at radius 1 is 1.15 bits per heavy atom. The van der Waals surface area contributed by atoms with Crippen molar-refractivity contribution in [1.29, 1.82) is 0 Å². The summed E-state index contributed by atoms with van der Waals surface area (Å²) in [7, 11) is 0. The number of aryl methyl sites for hydroxylation is 1. The predicted molar refractivity (Wildman–Crippen MR) is 129 cm³/mol. The minimum absolute atomic E-state index is 0.0674. The molecule has 0 spiro atoms. The quantitative estimate of drug-likeness (QED) is 0.446. The second kappa shape index (κ2) is 9.58. The maximum atomic E-state index is 12.7. The van der Waals surface area contributed by atoms with E-state index in [4.69, 9.17) is 16.0 Å². The number of para-hydroxylation sites is 1. The zero-order valence-electron chi connectivity index (χ0n) is 17.7. The normalized spacial score (nSPS) is 14.6. The lowest BCUT2D eigenvalue weighted by Crippen LogP contribution is -2.36. The summed E-state index contributed by atoms with van der Waals surface area (Å²) in [6.45, 7) is 1.42. The van der Waals surface area contributed by atoms with Crippen molar-refractivity contribution in [2.45, 2.75) is 6.92 Å². The Morgan fingerprint density at radius 2 is 1.91 bits per heavy atom. The van der Waals surface area contributed by atoms with Crippen LogP contribution in [0.25, 0.3) is 17.4 Å². The van der Waals surface area contributed by atoms with Crippen LogP contribution in [0.4, 0.5) is 10.5 Å². The summed E-state index contributed by atoms with van der Waals surface area (Å²) in [6.07, 6.45) is 1.40. The van der Waals surface area contributed by atoms with Crippen LogP contribution in [0.2, 0.25) is 5.02 Å². The smallest absolute Gasteiger partial charge is 0.337 e. The molecule has 34 heavy (non-hydrogen) atoms. The van der Waals surface area contributed by atoms with Gasteiger partial charge in [0, 0.05) is 17.3 Å². The van der Waals surface area contributed by atoms with Gasteiger partial charge in [-0.05, 0) is 60.6 Å². The average molecular weight is 497 g/mol. The number of furan rings is 1. The molecular weight excluding hydrogens is 480 g/mol. The molecule has 0 saturated carbocycles. The Hall–Kier alpha value is -3.82. The number of rotatable bonds is 6. The first-order valence-corrected chi connectivity index (χ1v) is 11.2. The Balaban J connectivity index is 1.48. The minimum atomic E-state index is -1.17. The van der Waals surface area contributed by atoms with Crippen molar-refractivity contribution in [2.75, 3.05) is 11.9 Å². The summed E-state index contributed by atoms with van der Waals surface area (Å²) in [5, 5.41) is 11.5. The third kappa shape index (κ3) is 4.90. The van der Waals surface area contributed by atoms with E-state index in [0.29, 0.717) is 28.8 Å². The van der Waals surface area contributed by atoms with Gasteiger partial charge in [-0.25, -0.2) is 4.79 Å². The number of anilines is 1. The first kappa shape index (κ1) is 23.3. The number of hydrogen-bond acceptors (Lipinski definition) is 6. The zero-order chi connectivity index (χ0) is 24.4. The summed E-state index contributed by atoms with van der Waals surface area (Å²) in [4.78, 5) is 49.7. The molecule has 8 nitrogen and oxygen atoms in total. The topological polar surface area (TPSA) is 117 Å². The van der Waals surface area contributed by atoms with Crippen LogP contribution in [0.15, 0.2) is 63.9 Å². The molecule has 172 valence electrons. The summed E-state index contributed by atoms with van der Waals surface area (Å²) >= 11 is 6.61. The van der Waals surface area contributed by atoms with E-state index in [1.165, 1.54) is 18.2 Å². The fraction of sp³-hybridized carbons (Fsp3) is 0.0833. The van der Waals surface area contributed by atoms with E-state index in [2.05, 4.69) is 5.32 Å². The van der Waals surface area contributed by atoms with Gasteiger partial charge >= 0.3 is 5.97 Å². The molecule has 3 aromatic rings. The molecule has 0 unspecified atom stereocenters. The molecular formula is C24H17ClN2O6S. The average Bonchev–Trinajstić information content (AvgIpc) is 3.36. The summed E-state index contributed by atoms with van der Waals surface area (Å²) in [5.74, 6) is -1.61. The molecule has 1 saturated heterocycles. The number of halogens is 1. The number of carbonyl (C=O) groups is 4. The Kier molecular flexibility index (Phi) is 6.58. The number of amides is 3. The molecule has 10 heteroatoms. The van der Waals surface area contributed by atoms with Crippen molar-refractivity contribution in [1.82, 2.24) is 4.90 Å². The van der Waals surface area contributed by atoms with Crippen LogP contribution in [0.1, 0.15) is 21.7 Å². The Bertz CT molecular complexity index is 1360. The van der Waals surface area contributed by atoms with Crippen molar-refractivity contribution in [3.63, 3.8) is 0 Å². The lowest BCUT2D eigenvalue weighted by molar-refractivity contribution is -0.127. The highest BCUT2D eigenvalue weighted by Crippen LogP contribution is 2.34. The van der Waals surface area contributed by atoms with Gasteiger partial charge < -0.3 is 14.8 Å². The molecule has 1 aliphatic rings. The molecule has 1 aromatic heterocycles. The zero-order valence-corrected chi connectivity index (χ0v) is 19.3. The standard InChI is InChI=1S/C24H17ClN2O6S/c1-13-4-2-3-5-18(13)26-21(28)12-27-22(29)20(34-24(27)32)11-15-7-9-19(33-15)14-6-8-17(25)16(10-14)23(30)31/h2-11H,12H2,1H3,(H,26,28)(H,30,31)/b20-11-. The molecule has 4 rings (SSSR count). The third-order valence-corrected chi connectivity index (χ3v) is 6.21. The number of aromatic carboxylic acids is 1. The summed E-state index contributed by atoms with van der Waals surface area (Å²) in [6, 6.07) is 14.8. The number of carbonyl (C=O) groups excluding carboxylic acids is 3. The highest BCUT2D eigenvalue weighted by Gasteiger charge is 2.36. The van der Waals surface area contributed by atoms with Gasteiger partial charge in [0.05, 0.1) is 15.5 Å². The molecule has 0 aliphatic carbocycles. The van der Waals surface area contributed by atoms with Crippen molar-refractivity contribution in [2.24, 2.45) is 0 Å². The SMILES string of the molecule is Cc1ccccc1NC(=O)CN1C(=O)S/C(=C\c2ccc(-c3ccc(Cl)c(C(=O)O)c3)o2)C1=O. The molecule has 0 radical (unpaired) electrons. The van der Waals surface area contributed by atoms with E-state index in [9.17, 15) is 24.3 Å². The van der Waals surface area contributed by atoms with Crippen LogP contribution >= 0.6 is 23.4 Å². The highest BCUT2D eigenvalue weighted by molar-refractivity contribution is 8.18. The van der Waals surface area contributed by atoms with Crippen LogP contribution < -0.4 is 5.32 Å². The van der Waals surface area contributed by atoms with E-state index in [1.807, 2.05) is 19.1 Å². The van der Waals surface area contributed by atoms with E-state index >= 15 is 0 Å². The van der Waals surface area contributed by atoms with Crippen molar-refractivity contribution in [3.8, 4) is 11.3 Å². The summed E-state index contributed by atoms with van der Waals surface area (Å²) < 4.78 is 5.71. The van der Waals surface area contributed by atoms with Gasteiger partial charge in [0.2, 0.25) is 5.91 Å². The van der Waals surface area contributed by atoms with Crippen LogP contribution in [0.5, 0.6) is 0 Å². The van der Waals surface area contributed by atoms with E-state index in [0.717, 1.165) is 10.5 Å². The van der Waals surface area contributed by atoms with Crippen LogP contribution in [0.3, 0.4) is 0 Å². The van der Waals surface area contributed by atoms with Crippen molar-refractivity contribution >= 4 is 58.1 Å². The number of hydrogen-bond donors (Lipinski definition) is 2. The van der Waals surface area contributed by atoms with Gasteiger partial charge in [-0.1, -0.05) is 29.8 Å². The number of imide groups is 1. The fourth-order valence-electron chi connectivity index (χ4n) is 3.24. The molecule has 1 aliphatic heterocycles. The number of carboxylic acid groups (broad SMARTS) is 1. The number of benzene rings is 2. The molecule has 2 heterocycles. The van der Waals surface area contributed by atoms with Gasteiger partial charge in [0.15, 0.2) is 0 Å². The van der Waals surface area contributed by atoms with Gasteiger partial charge in [-0.3, -0.25) is 19.3 Å². The van der Waals surface area contributed by atoms with Crippen molar-refractivity contribution in [3.05, 3.63) is 81.4 Å². The number of nitrogens with zero attached hydrogens (tertiary/aromatic N) is 1. The van der Waals surface area contributed by atoms with Gasteiger partial charge in [0.1, 0.15) is 18.1 Å². The largest absolute Gasteiger partial charge is 0.478 e. The number of carboxylic acids is 1. The maximum absolute atomic E-state index is 12.7. The first-order valence-electron chi connectivity index (χ1n) is 9.97. The lowest BCUT2D eigenvalue weighted by Gasteiger charge is -2.13. The fourth-order valence-corrected chi connectivity index (χ4v) is 4.26. The number of thioether (sulfide) groups is 1. The second-order valence-electron chi connectivity index (χ2n) is 7.33. The van der Waals surface area contributed by atoms with Crippen molar-refractivity contribution < 1.29 is 28.7 Å². The lowest BCUT2D eigenvalue weighted by atomic mass is 10.1. The Morgan fingerprint density at radius 3 is 2.65 bits per heavy atom. The van der Waals surface area contributed by atoms with Crippen LogP contribution in [0, 0.1) is 6.92 Å². The molecule has 2 N–H and O–H groups in total. The van der Waals surface area contributed by atoms with Gasteiger partial charge in [0.25, 0.3) is 11.1 Å². The van der Waals surface area contributed by atoms with Gasteiger partial charge in [-0.15, -0.1) is 0 Å². The second-order valence-corrected chi connectivity index (χ2v) is 8.73. The highest BCUT2D eigenvalue weighted by atomic mass is 35.5. The Labute approximate surface area is 203 Å². The third-order valence-electron chi connectivity index (χ3n) is 4.98. The first-order chi connectivity index (χ1) is 16.2. The monoisotopic (exact) mass is 496 g/mol. The van der Waals surface area contributed by atoms with E-state index < -0.39 is 29.6 Å². The number of nitrogens with one attached hydrogen (secondary N) is 1. The van der Waals surface area contributed by atoms with Gasteiger partial charge in [-0.2, -0.15) is 0 Å². The van der Waals surface area contributed by atoms with Crippen LogP contribution in [-0.2, 0) is 9.59 Å². The molecule has 3 amide bonds. The van der Waals surface area contributed by atoms with E-state index in [-0.39, 0.29) is 21.3 Å². The summed E-state index contributed by atoms with van der Waals surface area (Å²) in [5.41, 5.74) is 1.88. The van der Waals surface area contributed by atoms with Crippen LogP contribution in [-0.4, -0.2) is 39.6 Å². The van der Waals surface area contributed by atoms with E-state index in [1.54, 1.807) is 30.3 Å². The predicted octanol–water partition coefficient (Wildman–Crippen LogP) is 5.28. The maximum Gasteiger partial charge on any atom is 0.337 e. The molecule has 0 bridgehead atoms. The molecule has 2 aromatic carbocycles. The molecule has 0 atom stereocenters.